The van der Waals surface area contributed by atoms with Gasteiger partial charge in [-0.1, -0.05) is 0 Å². The van der Waals surface area contributed by atoms with Crippen molar-refractivity contribution in [3.05, 3.63) is 22.6 Å². The molecule has 4 nitrogen and oxygen atoms in total. The molecule has 0 bridgehead atoms. The Morgan fingerprint density at radius 1 is 1.47 bits per heavy atom. The zero-order chi connectivity index (χ0) is 11.3. The molecule has 84 valence electrons. The Balaban J connectivity index is 2.29. The molecule has 0 saturated carbocycles. The van der Waals surface area contributed by atoms with E-state index in [1.807, 2.05) is 0 Å². The fourth-order valence-electron chi connectivity index (χ4n) is 0.900. The van der Waals surface area contributed by atoms with E-state index in [0.29, 0.717) is 0 Å². The van der Waals surface area contributed by atoms with E-state index in [4.69, 9.17) is 4.74 Å². The average Bonchev–Trinajstić information content (AvgIpc) is 2.11. The van der Waals surface area contributed by atoms with Crippen molar-refractivity contribution < 1.29 is 17.9 Å². The number of rotatable bonds is 4. The van der Waals surface area contributed by atoms with Gasteiger partial charge in [0.2, 0.25) is 0 Å². The van der Waals surface area contributed by atoms with Crippen LogP contribution in [0.4, 0.5) is 13.2 Å². The predicted molar refractivity (Wildman–Crippen MR) is 45.6 cm³/mol. The third-order valence-electron chi connectivity index (χ3n) is 1.51. The first-order valence-corrected chi connectivity index (χ1v) is 4.22. The van der Waals surface area contributed by atoms with E-state index in [2.05, 4.69) is 10.2 Å². The lowest BCUT2D eigenvalue weighted by atomic mass is 10.3. The van der Waals surface area contributed by atoms with Crippen molar-refractivity contribution in [2.45, 2.75) is 19.0 Å². The predicted octanol–water partition coefficient (Wildman–Crippen LogP) is 1.49. The zero-order valence-electron chi connectivity index (χ0n) is 7.67. The zero-order valence-corrected chi connectivity index (χ0v) is 7.67. The Bertz CT molecular complexity index is 361. The number of alkyl halides is 3. The van der Waals surface area contributed by atoms with E-state index in [1.165, 1.54) is 6.20 Å². The first-order chi connectivity index (χ1) is 6.97. The highest BCUT2D eigenvalue weighted by Gasteiger charge is 2.26. The number of hydrogen-bond donors (Lipinski definition) is 1. The standard InChI is InChI=1S/C8H9F3N2O2/c9-8(10,11)2-1-3-15-6-4-7(14)13-12-5-6/h4-5H,1-3H2,(H,13,14). The van der Waals surface area contributed by atoms with E-state index in [0.717, 1.165) is 6.07 Å². The van der Waals surface area contributed by atoms with Gasteiger partial charge in [0.05, 0.1) is 12.8 Å². The van der Waals surface area contributed by atoms with Crippen molar-refractivity contribution in [2.75, 3.05) is 6.61 Å². The second kappa shape index (κ2) is 4.81. The van der Waals surface area contributed by atoms with Gasteiger partial charge in [0.1, 0.15) is 5.75 Å². The number of aromatic amines is 1. The van der Waals surface area contributed by atoms with Gasteiger partial charge < -0.3 is 4.74 Å². The van der Waals surface area contributed by atoms with Crippen molar-refractivity contribution in [3.63, 3.8) is 0 Å². The van der Waals surface area contributed by atoms with Crippen molar-refractivity contribution in [1.29, 1.82) is 0 Å². The Hall–Kier alpha value is -1.53. The largest absolute Gasteiger partial charge is 0.492 e. The minimum Gasteiger partial charge on any atom is -0.492 e. The molecule has 0 atom stereocenters. The van der Waals surface area contributed by atoms with Crippen molar-refractivity contribution in [3.8, 4) is 5.75 Å². The lowest BCUT2D eigenvalue weighted by molar-refractivity contribution is -0.136. The second-order valence-corrected chi connectivity index (χ2v) is 2.85. The Morgan fingerprint density at radius 2 is 2.20 bits per heavy atom. The maximum absolute atomic E-state index is 11.7. The number of halogens is 3. The lowest BCUT2D eigenvalue weighted by Crippen LogP contribution is -2.11. The van der Waals surface area contributed by atoms with Gasteiger partial charge >= 0.3 is 6.18 Å². The summed E-state index contributed by atoms with van der Waals surface area (Å²) in [4.78, 5) is 10.7. The van der Waals surface area contributed by atoms with E-state index in [-0.39, 0.29) is 18.8 Å². The summed E-state index contributed by atoms with van der Waals surface area (Å²) >= 11 is 0. The summed E-state index contributed by atoms with van der Waals surface area (Å²) in [5.74, 6) is 0.168. The summed E-state index contributed by atoms with van der Waals surface area (Å²) in [7, 11) is 0. The molecular weight excluding hydrogens is 213 g/mol. The van der Waals surface area contributed by atoms with Crippen LogP contribution in [0, 0.1) is 0 Å². The van der Waals surface area contributed by atoms with E-state index < -0.39 is 18.2 Å². The molecule has 1 heterocycles. The highest BCUT2D eigenvalue weighted by Crippen LogP contribution is 2.21. The highest BCUT2D eigenvalue weighted by atomic mass is 19.4. The molecule has 1 N–H and O–H groups in total. The molecule has 0 fully saturated rings. The van der Waals surface area contributed by atoms with Crippen LogP contribution in [0.15, 0.2) is 17.1 Å². The van der Waals surface area contributed by atoms with Gasteiger partial charge in [-0.25, -0.2) is 5.10 Å². The molecule has 0 radical (unpaired) electrons. The van der Waals surface area contributed by atoms with Crippen LogP contribution in [-0.4, -0.2) is 23.0 Å². The summed E-state index contributed by atoms with van der Waals surface area (Å²) < 4.78 is 40.1. The monoisotopic (exact) mass is 222 g/mol. The summed E-state index contributed by atoms with van der Waals surface area (Å²) in [5.41, 5.74) is -0.455. The maximum atomic E-state index is 11.7. The van der Waals surface area contributed by atoms with Gasteiger partial charge in [0.15, 0.2) is 0 Å². The van der Waals surface area contributed by atoms with Crippen molar-refractivity contribution >= 4 is 0 Å². The molecule has 1 rings (SSSR count). The molecule has 0 saturated heterocycles. The minimum absolute atomic E-state index is 0.0926. The van der Waals surface area contributed by atoms with Gasteiger partial charge in [-0.3, -0.25) is 4.79 Å². The number of nitrogens with one attached hydrogen (secondary N) is 1. The van der Waals surface area contributed by atoms with Crippen molar-refractivity contribution in [1.82, 2.24) is 10.2 Å². The molecule has 7 heteroatoms. The molecule has 15 heavy (non-hydrogen) atoms. The quantitative estimate of drug-likeness (QED) is 0.785. The Kier molecular flexibility index (Phi) is 3.70. The number of nitrogens with zero attached hydrogens (tertiary/aromatic N) is 1. The Labute approximate surface area is 83.1 Å². The number of hydrogen-bond acceptors (Lipinski definition) is 3. The first kappa shape index (κ1) is 11.5. The number of H-pyrrole nitrogens is 1. The molecule has 0 aromatic carbocycles. The molecule has 1 aromatic rings. The minimum atomic E-state index is -4.17. The van der Waals surface area contributed by atoms with Crippen LogP contribution in [0.2, 0.25) is 0 Å². The maximum Gasteiger partial charge on any atom is 0.389 e. The SMILES string of the molecule is O=c1cc(OCCCC(F)(F)F)cn[nH]1. The van der Waals surface area contributed by atoms with Crippen LogP contribution in [0.25, 0.3) is 0 Å². The molecule has 0 unspecified atom stereocenters. The van der Waals surface area contributed by atoms with Crippen LogP contribution in [0.1, 0.15) is 12.8 Å². The number of ether oxygens (including phenoxy) is 1. The molecule has 0 amide bonds. The number of aromatic nitrogens is 2. The van der Waals surface area contributed by atoms with Crippen LogP contribution in [-0.2, 0) is 0 Å². The molecular formula is C8H9F3N2O2. The van der Waals surface area contributed by atoms with Gasteiger partial charge in [-0.2, -0.15) is 18.3 Å². The summed E-state index contributed by atoms with van der Waals surface area (Å²) in [6.07, 6.45) is -3.98. The smallest absolute Gasteiger partial charge is 0.389 e. The highest BCUT2D eigenvalue weighted by molar-refractivity contribution is 5.12. The normalized spacial score (nSPS) is 11.4. The van der Waals surface area contributed by atoms with E-state index in [9.17, 15) is 18.0 Å². The second-order valence-electron chi connectivity index (χ2n) is 2.85. The lowest BCUT2D eigenvalue weighted by Gasteiger charge is -2.07. The van der Waals surface area contributed by atoms with Gasteiger partial charge in [-0.15, -0.1) is 0 Å². The molecule has 0 aliphatic rings. The van der Waals surface area contributed by atoms with Crippen LogP contribution < -0.4 is 10.3 Å². The van der Waals surface area contributed by atoms with Gasteiger partial charge in [0.25, 0.3) is 5.56 Å². The fourth-order valence-corrected chi connectivity index (χ4v) is 0.900. The molecule has 1 aromatic heterocycles. The third kappa shape index (κ3) is 5.04. The van der Waals surface area contributed by atoms with Crippen LogP contribution in [0.5, 0.6) is 5.75 Å². The fraction of sp³-hybridized carbons (Fsp3) is 0.500. The third-order valence-corrected chi connectivity index (χ3v) is 1.51. The summed E-state index contributed by atoms with van der Waals surface area (Å²) in [6.45, 7) is -0.0926. The van der Waals surface area contributed by atoms with Gasteiger partial charge in [0, 0.05) is 12.5 Å². The average molecular weight is 222 g/mol. The topological polar surface area (TPSA) is 55.0 Å². The van der Waals surface area contributed by atoms with E-state index >= 15 is 0 Å². The summed E-state index contributed by atoms with van der Waals surface area (Å²) in [5, 5.41) is 5.55. The molecule has 0 aliphatic heterocycles. The van der Waals surface area contributed by atoms with Crippen LogP contribution >= 0.6 is 0 Å². The van der Waals surface area contributed by atoms with Gasteiger partial charge in [-0.05, 0) is 6.42 Å². The summed E-state index contributed by atoms with van der Waals surface area (Å²) in [6, 6.07) is 1.13. The van der Waals surface area contributed by atoms with Crippen LogP contribution in [0.3, 0.4) is 0 Å². The Morgan fingerprint density at radius 3 is 2.80 bits per heavy atom. The van der Waals surface area contributed by atoms with Crippen molar-refractivity contribution in [2.24, 2.45) is 0 Å². The van der Waals surface area contributed by atoms with E-state index in [1.54, 1.807) is 0 Å². The molecule has 0 aliphatic carbocycles. The molecule has 0 spiro atoms. The first-order valence-electron chi connectivity index (χ1n) is 4.22.